The Morgan fingerprint density at radius 1 is 1.00 bits per heavy atom. The average Bonchev–Trinajstić information content (AvgIpc) is 3.30. The first kappa shape index (κ1) is 21.6. The molecular weight excluding hydrogens is 420 g/mol. The number of aryl methyl sites for hydroxylation is 2. The van der Waals surface area contributed by atoms with Crippen LogP contribution in [0.2, 0.25) is 0 Å². The number of nitrogens with zero attached hydrogens (tertiary/aromatic N) is 4. The standard InChI is InChI=1S/C29H24N4O/c1-20-7-3-4-11-25(20)26-15-22(12-13-23(26)16-30)29(27-17-31-19-33(27)2)34-18-24-9-5-8-21-10-6-14-32-28(21)24/h3-15,17,19,29H,18H2,1-2H3. The lowest BCUT2D eigenvalue weighted by molar-refractivity contribution is 0.0628. The second-order valence-corrected chi connectivity index (χ2v) is 8.34. The third-order valence-corrected chi connectivity index (χ3v) is 6.15. The van der Waals surface area contributed by atoms with Crippen LogP contribution in [0.3, 0.4) is 0 Å². The highest BCUT2D eigenvalue weighted by molar-refractivity contribution is 5.81. The van der Waals surface area contributed by atoms with Gasteiger partial charge in [-0.2, -0.15) is 5.26 Å². The second-order valence-electron chi connectivity index (χ2n) is 8.34. The third kappa shape index (κ3) is 4.07. The largest absolute Gasteiger partial charge is 0.362 e. The Labute approximate surface area is 198 Å². The van der Waals surface area contributed by atoms with E-state index in [1.165, 1.54) is 0 Å². The SMILES string of the molecule is Cc1ccccc1-c1cc(C(OCc2cccc3cccnc23)c2cncn2C)ccc1C#N. The topological polar surface area (TPSA) is 63.7 Å². The summed E-state index contributed by atoms with van der Waals surface area (Å²) in [6.07, 6.45) is 5.05. The summed E-state index contributed by atoms with van der Waals surface area (Å²) in [5.74, 6) is 0. The maximum absolute atomic E-state index is 9.78. The van der Waals surface area contributed by atoms with Crippen LogP contribution >= 0.6 is 0 Å². The van der Waals surface area contributed by atoms with Gasteiger partial charge in [0.25, 0.3) is 0 Å². The van der Waals surface area contributed by atoms with Gasteiger partial charge in [-0.05, 0) is 41.8 Å². The number of hydrogen-bond acceptors (Lipinski definition) is 4. The Kier molecular flexibility index (Phi) is 5.90. The number of imidazole rings is 1. The van der Waals surface area contributed by atoms with Crippen molar-refractivity contribution in [1.82, 2.24) is 14.5 Å². The van der Waals surface area contributed by atoms with Crippen molar-refractivity contribution in [3.8, 4) is 17.2 Å². The molecule has 0 radical (unpaired) electrons. The Morgan fingerprint density at radius 2 is 1.85 bits per heavy atom. The molecule has 34 heavy (non-hydrogen) atoms. The van der Waals surface area contributed by atoms with Gasteiger partial charge in [-0.3, -0.25) is 4.98 Å². The van der Waals surface area contributed by atoms with Gasteiger partial charge in [0, 0.05) is 29.8 Å². The van der Waals surface area contributed by atoms with Gasteiger partial charge in [0.15, 0.2) is 0 Å². The highest BCUT2D eigenvalue weighted by Gasteiger charge is 2.21. The van der Waals surface area contributed by atoms with E-state index < -0.39 is 0 Å². The van der Waals surface area contributed by atoms with Gasteiger partial charge in [-0.15, -0.1) is 0 Å². The molecule has 0 bridgehead atoms. The van der Waals surface area contributed by atoms with Crippen LogP contribution in [0.15, 0.2) is 91.5 Å². The van der Waals surface area contributed by atoms with Crippen molar-refractivity contribution in [2.45, 2.75) is 19.6 Å². The fourth-order valence-corrected chi connectivity index (χ4v) is 4.35. The van der Waals surface area contributed by atoms with Gasteiger partial charge >= 0.3 is 0 Å². The van der Waals surface area contributed by atoms with Crippen LogP contribution in [0.4, 0.5) is 0 Å². The molecule has 0 aliphatic heterocycles. The molecule has 166 valence electrons. The van der Waals surface area contributed by atoms with Gasteiger partial charge < -0.3 is 9.30 Å². The molecule has 5 rings (SSSR count). The lowest BCUT2D eigenvalue weighted by Gasteiger charge is -2.21. The van der Waals surface area contributed by atoms with Gasteiger partial charge in [0.1, 0.15) is 6.10 Å². The van der Waals surface area contributed by atoms with Gasteiger partial charge in [-0.25, -0.2) is 4.98 Å². The van der Waals surface area contributed by atoms with Crippen molar-refractivity contribution in [2.24, 2.45) is 7.05 Å². The van der Waals surface area contributed by atoms with E-state index in [1.54, 1.807) is 12.5 Å². The summed E-state index contributed by atoms with van der Waals surface area (Å²) in [5, 5.41) is 10.9. The fraction of sp³-hybridized carbons (Fsp3) is 0.138. The number of nitriles is 1. The van der Waals surface area contributed by atoms with Gasteiger partial charge in [-0.1, -0.05) is 54.6 Å². The predicted octanol–water partition coefficient (Wildman–Crippen LogP) is 6.12. The van der Waals surface area contributed by atoms with E-state index >= 15 is 0 Å². The minimum Gasteiger partial charge on any atom is -0.362 e. The average molecular weight is 445 g/mol. The molecule has 0 spiro atoms. The first-order valence-corrected chi connectivity index (χ1v) is 11.2. The smallest absolute Gasteiger partial charge is 0.124 e. The molecule has 5 heteroatoms. The lowest BCUT2D eigenvalue weighted by atomic mass is 9.93. The van der Waals surface area contributed by atoms with E-state index in [4.69, 9.17) is 4.74 Å². The Balaban J connectivity index is 1.57. The minimum absolute atomic E-state index is 0.359. The fourth-order valence-electron chi connectivity index (χ4n) is 4.35. The summed E-state index contributed by atoms with van der Waals surface area (Å²) < 4.78 is 8.53. The molecule has 5 aromatic rings. The maximum Gasteiger partial charge on any atom is 0.124 e. The Morgan fingerprint density at radius 3 is 2.65 bits per heavy atom. The number of fused-ring (bicyclic) bond motifs is 1. The molecule has 0 aliphatic carbocycles. The number of benzene rings is 3. The normalized spacial score (nSPS) is 11.9. The van der Waals surface area contributed by atoms with E-state index in [-0.39, 0.29) is 6.10 Å². The molecule has 0 saturated heterocycles. The molecule has 1 atom stereocenters. The molecule has 0 N–H and O–H groups in total. The number of hydrogen-bond donors (Lipinski definition) is 0. The van der Waals surface area contributed by atoms with Crippen LogP contribution in [-0.2, 0) is 18.4 Å². The highest BCUT2D eigenvalue weighted by Crippen LogP contribution is 2.34. The molecule has 1 unspecified atom stereocenters. The molecule has 0 amide bonds. The van der Waals surface area contributed by atoms with Crippen molar-refractivity contribution in [2.75, 3.05) is 0 Å². The van der Waals surface area contributed by atoms with Crippen molar-refractivity contribution < 1.29 is 4.74 Å². The first-order chi connectivity index (χ1) is 16.7. The van der Waals surface area contributed by atoms with Crippen molar-refractivity contribution in [1.29, 1.82) is 5.26 Å². The van der Waals surface area contributed by atoms with Crippen LogP contribution < -0.4 is 0 Å². The molecule has 0 saturated carbocycles. The van der Waals surface area contributed by atoms with E-state index in [0.717, 1.165) is 44.4 Å². The van der Waals surface area contributed by atoms with E-state index in [9.17, 15) is 5.26 Å². The van der Waals surface area contributed by atoms with Crippen molar-refractivity contribution >= 4 is 10.9 Å². The van der Waals surface area contributed by atoms with Crippen LogP contribution in [-0.4, -0.2) is 14.5 Å². The maximum atomic E-state index is 9.78. The lowest BCUT2D eigenvalue weighted by Crippen LogP contribution is -2.11. The molecule has 3 aromatic carbocycles. The quantitative estimate of drug-likeness (QED) is 0.316. The van der Waals surface area contributed by atoms with Crippen LogP contribution in [0.1, 0.15) is 34.1 Å². The first-order valence-electron chi connectivity index (χ1n) is 11.2. The van der Waals surface area contributed by atoms with Crippen LogP contribution in [0.25, 0.3) is 22.0 Å². The highest BCUT2D eigenvalue weighted by atomic mass is 16.5. The summed E-state index contributed by atoms with van der Waals surface area (Å²) in [4.78, 5) is 8.88. The predicted molar refractivity (Wildman–Crippen MR) is 133 cm³/mol. The van der Waals surface area contributed by atoms with Gasteiger partial charge in [0.05, 0.1) is 42.0 Å². The summed E-state index contributed by atoms with van der Waals surface area (Å²) >= 11 is 0. The van der Waals surface area contributed by atoms with Crippen LogP contribution in [0, 0.1) is 18.3 Å². The third-order valence-electron chi connectivity index (χ3n) is 6.15. The minimum atomic E-state index is -0.359. The van der Waals surface area contributed by atoms with E-state index in [1.807, 2.05) is 60.3 Å². The molecule has 0 fully saturated rings. The number of rotatable bonds is 6. The molecular formula is C29H24N4O. The van der Waals surface area contributed by atoms with Crippen molar-refractivity contribution in [3.63, 3.8) is 0 Å². The summed E-state index contributed by atoms with van der Waals surface area (Å²) in [7, 11) is 1.96. The second kappa shape index (κ2) is 9.30. The Hall–Kier alpha value is -4.27. The zero-order valence-corrected chi connectivity index (χ0v) is 19.1. The number of aromatic nitrogens is 3. The van der Waals surface area contributed by atoms with E-state index in [0.29, 0.717) is 12.2 Å². The summed E-state index contributed by atoms with van der Waals surface area (Å²) in [5.41, 5.74) is 7.58. The summed E-state index contributed by atoms with van der Waals surface area (Å²) in [6, 6.07) is 26.5. The molecule has 5 nitrogen and oxygen atoms in total. The monoisotopic (exact) mass is 444 g/mol. The zero-order chi connectivity index (χ0) is 23.5. The zero-order valence-electron chi connectivity index (χ0n) is 19.1. The molecule has 0 aliphatic rings. The van der Waals surface area contributed by atoms with Crippen LogP contribution in [0.5, 0.6) is 0 Å². The summed E-state index contributed by atoms with van der Waals surface area (Å²) in [6.45, 7) is 2.45. The Bertz CT molecular complexity index is 1510. The molecule has 2 heterocycles. The number of para-hydroxylation sites is 1. The van der Waals surface area contributed by atoms with Gasteiger partial charge in [0.2, 0.25) is 0 Å². The molecule has 2 aromatic heterocycles. The number of ether oxygens (including phenoxy) is 1. The van der Waals surface area contributed by atoms with Crippen molar-refractivity contribution in [3.05, 3.63) is 119 Å². The number of pyridine rings is 1. The van der Waals surface area contributed by atoms with E-state index in [2.05, 4.69) is 53.3 Å².